The van der Waals surface area contributed by atoms with Crippen LogP contribution < -0.4 is 5.32 Å². The molecule has 1 amide bonds. The summed E-state index contributed by atoms with van der Waals surface area (Å²) in [5.41, 5.74) is 5.54. The molecule has 1 aromatic carbocycles. The summed E-state index contributed by atoms with van der Waals surface area (Å²) < 4.78 is 12.9. The second-order valence-electron chi connectivity index (χ2n) is 9.10. The van der Waals surface area contributed by atoms with Crippen LogP contribution >= 0.6 is 0 Å². The van der Waals surface area contributed by atoms with Crippen molar-refractivity contribution in [2.24, 2.45) is 5.41 Å². The van der Waals surface area contributed by atoms with Crippen molar-refractivity contribution in [1.29, 1.82) is 0 Å². The maximum absolute atomic E-state index is 12.9. The summed E-state index contributed by atoms with van der Waals surface area (Å²) in [7, 11) is 0. The van der Waals surface area contributed by atoms with Crippen LogP contribution in [-0.4, -0.2) is 48.0 Å². The van der Waals surface area contributed by atoms with Crippen molar-refractivity contribution >= 4 is 11.9 Å². The van der Waals surface area contributed by atoms with E-state index in [4.69, 9.17) is 14.6 Å². The topological polar surface area (TPSA) is 82.5 Å². The minimum absolute atomic E-state index is 0.0330. The van der Waals surface area contributed by atoms with Gasteiger partial charge in [-0.25, -0.2) is 4.79 Å². The summed E-state index contributed by atoms with van der Waals surface area (Å²) in [4.78, 5) is 25.3. The lowest BCUT2D eigenvalue weighted by molar-refractivity contribution is 0.0160. The molecule has 0 radical (unpaired) electrons. The molecule has 0 unspecified atom stereocenters. The van der Waals surface area contributed by atoms with E-state index in [2.05, 4.69) is 5.32 Å². The van der Waals surface area contributed by atoms with Crippen molar-refractivity contribution in [3.63, 3.8) is 0 Å². The monoisotopic (exact) mass is 439 g/mol. The largest absolute Gasteiger partial charge is 0.462 e. The maximum Gasteiger partial charge on any atom is 0.338 e. The number of aryl methyl sites for hydroxylation is 4. The lowest BCUT2D eigenvalue weighted by Crippen LogP contribution is -2.40. The Kier molecular flexibility index (Phi) is 6.65. The molecule has 1 aromatic heterocycles. The number of aromatic nitrogens is 2. The number of hydrogen-bond donors (Lipinski definition) is 1. The van der Waals surface area contributed by atoms with E-state index in [-0.39, 0.29) is 17.3 Å². The number of amides is 1. The number of rotatable bonds is 6. The van der Waals surface area contributed by atoms with Gasteiger partial charge in [-0.3, -0.25) is 9.48 Å². The lowest BCUT2D eigenvalue weighted by Gasteiger charge is -2.36. The molecular weight excluding hydrogens is 406 g/mol. The van der Waals surface area contributed by atoms with E-state index in [0.29, 0.717) is 43.8 Å². The Labute approximate surface area is 189 Å². The highest BCUT2D eigenvalue weighted by molar-refractivity contribution is 5.94. The van der Waals surface area contributed by atoms with Crippen LogP contribution in [0.2, 0.25) is 0 Å². The molecule has 0 bridgehead atoms. The van der Waals surface area contributed by atoms with E-state index in [1.165, 1.54) is 0 Å². The number of nitrogens with zero attached hydrogens (tertiary/aromatic N) is 2. The van der Waals surface area contributed by atoms with Gasteiger partial charge < -0.3 is 14.8 Å². The number of carbonyl (C=O) groups excluding carboxylic acids is 2. The highest BCUT2D eigenvalue weighted by Crippen LogP contribution is 2.37. The van der Waals surface area contributed by atoms with Gasteiger partial charge in [-0.2, -0.15) is 5.10 Å². The van der Waals surface area contributed by atoms with Gasteiger partial charge in [0.2, 0.25) is 0 Å². The van der Waals surface area contributed by atoms with Crippen molar-refractivity contribution < 1.29 is 19.1 Å². The fraction of sp³-hybridized carbons (Fsp3) is 0.560. The summed E-state index contributed by atoms with van der Waals surface area (Å²) >= 11 is 0. The van der Waals surface area contributed by atoms with Gasteiger partial charge in [0.1, 0.15) is 5.69 Å². The number of hydrogen-bond acceptors (Lipinski definition) is 5. The number of ether oxygens (including phenoxy) is 2. The molecule has 172 valence electrons. The average molecular weight is 440 g/mol. The third-order valence-electron chi connectivity index (χ3n) is 6.91. The smallest absolute Gasteiger partial charge is 0.338 e. The first kappa shape index (κ1) is 22.5. The molecule has 2 aliphatic heterocycles. The van der Waals surface area contributed by atoms with Gasteiger partial charge in [0.15, 0.2) is 0 Å². The molecular formula is C25H33N3O4. The maximum atomic E-state index is 12.9. The summed E-state index contributed by atoms with van der Waals surface area (Å²) in [6.07, 6.45) is 4.06. The predicted octanol–water partition coefficient (Wildman–Crippen LogP) is 3.39. The lowest BCUT2D eigenvalue weighted by atomic mass is 9.75. The summed E-state index contributed by atoms with van der Waals surface area (Å²) in [6.45, 7) is 9.13. The normalized spacial score (nSPS) is 17.5. The van der Waals surface area contributed by atoms with E-state index in [0.717, 1.165) is 54.9 Å². The predicted molar refractivity (Wildman–Crippen MR) is 121 cm³/mol. The second-order valence-corrected chi connectivity index (χ2v) is 9.10. The number of esters is 1. The molecule has 2 aromatic rings. The van der Waals surface area contributed by atoms with Crippen molar-refractivity contribution in [3.8, 4) is 0 Å². The van der Waals surface area contributed by atoms with E-state index in [1.807, 2.05) is 37.6 Å². The number of nitrogens with one attached hydrogen (secondary N) is 1. The quantitative estimate of drug-likeness (QED) is 0.551. The zero-order valence-corrected chi connectivity index (χ0v) is 19.3. The zero-order valence-electron chi connectivity index (χ0n) is 19.3. The molecule has 2 aliphatic rings. The summed E-state index contributed by atoms with van der Waals surface area (Å²) in [5, 5.41) is 7.89. The number of carbonyl (C=O) groups is 2. The van der Waals surface area contributed by atoms with Crippen molar-refractivity contribution in [2.75, 3.05) is 26.4 Å². The Hall–Kier alpha value is -2.67. The van der Waals surface area contributed by atoms with Gasteiger partial charge >= 0.3 is 5.97 Å². The molecule has 1 N–H and O–H groups in total. The molecule has 7 heteroatoms. The standard InChI is InChI=1S/C25H33N3O4/c1-4-28-22-20(15-25(16-26-23(22)29)9-12-31-13-10-25)21(27-28)6-5-11-32-24(30)19-8-7-17(2)18(3)14-19/h7-8,14H,4-6,9-13,15-16H2,1-3H3,(H,26,29). The van der Waals surface area contributed by atoms with E-state index < -0.39 is 0 Å². The summed E-state index contributed by atoms with van der Waals surface area (Å²) in [6, 6.07) is 5.61. The molecule has 1 saturated heterocycles. The van der Waals surface area contributed by atoms with E-state index in [1.54, 1.807) is 6.07 Å². The Balaban J connectivity index is 1.44. The molecule has 32 heavy (non-hydrogen) atoms. The first-order chi connectivity index (χ1) is 15.4. The highest BCUT2D eigenvalue weighted by Gasteiger charge is 2.39. The third-order valence-corrected chi connectivity index (χ3v) is 6.91. The second kappa shape index (κ2) is 9.45. The van der Waals surface area contributed by atoms with Crippen LogP contribution in [0.3, 0.4) is 0 Å². The van der Waals surface area contributed by atoms with Gasteiger partial charge in [0, 0.05) is 31.9 Å². The Morgan fingerprint density at radius 1 is 1.25 bits per heavy atom. The van der Waals surface area contributed by atoms with Gasteiger partial charge in [-0.1, -0.05) is 6.07 Å². The van der Waals surface area contributed by atoms with Gasteiger partial charge in [0.25, 0.3) is 5.91 Å². The van der Waals surface area contributed by atoms with Gasteiger partial charge in [-0.15, -0.1) is 0 Å². The van der Waals surface area contributed by atoms with E-state index >= 15 is 0 Å². The Morgan fingerprint density at radius 3 is 2.75 bits per heavy atom. The van der Waals surface area contributed by atoms with Crippen molar-refractivity contribution in [1.82, 2.24) is 15.1 Å². The van der Waals surface area contributed by atoms with Gasteiger partial charge in [-0.05, 0) is 81.5 Å². The first-order valence-corrected chi connectivity index (χ1v) is 11.6. The molecule has 0 aliphatic carbocycles. The molecule has 1 fully saturated rings. The van der Waals surface area contributed by atoms with Crippen LogP contribution in [0.4, 0.5) is 0 Å². The molecule has 7 nitrogen and oxygen atoms in total. The van der Waals surface area contributed by atoms with Crippen LogP contribution in [0.5, 0.6) is 0 Å². The molecule has 0 saturated carbocycles. The van der Waals surface area contributed by atoms with E-state index in [9.17, 15) is 9.59 Å². The van der Waals surface area contributed by atoms with Crippen LogP contribution in [0.1, 0.15) is 69.4 Å². The van der Waals surface area contributed by atoms with Crippen molar-refractivity contribution in [2.45, 2.75) is 59.4 Å². The third kappa shape index (κ3) is 4.58. The fourth-order valence-corrected chi connectivity index (χ4v) is 4.72. The zero-order chi connectivity index (χ0) is 22.7. The fourth-order valence-electron chi connectivity index (χ4n) is 4.72. The minimum atomic E-state index is -0.299. The molecule has 1 spiro atoms. The van der Waals surface area contributed by atoms with Gasteiger partial charge in [0.05, 0.1) is 17.9 Å². The number of benzene rings is 1. The molecule has 0 atom stereocenters. The van der Waals surface area contributed by atoms with Crippen molar-refractivity contribution in [3.05, 3.63) is 51.8 Å². The number of fused-ring (bicyclic) bond motifs is 1. The average Bonchev–Trinajstić information content (AvgIpc) is 3.07. The summed E-state index contributed by atoms with van der Waals surface area (Å²) in [5.74, 6) is -0.336. The SMILES string of the molecule is CCn1nc(CCCOC(=O)c2ccc(C)c(C)c2)c2c1C(=O)NCC1(CCOCC1)C2. The van der Waals surface area contributed by atoms with Crippen LogP contribution in [0.15, 0.2) is 18.2 Å². The van der Waals surface area contributed by atoms with Crippen LogP contribution in [-0.2, 0) is 28.9 Å². The van der Waals surface area contributed by atoms with Crippen LogP contribution in [0, 0.1) is 19.3 Å². The first-order valence-electron chi connectivity index (χ1n) is 11.6. The minimum Gasteiger partial charge on any atom is -0.462 e. The molecule has 4 rings (SSSR count). The van der Waals surface area contributed by atoms with Crippen LogP contribution in [0.25, 0.3) is 0 Å². The Bertz CT molecular complexity index is 1000. The molecule has 3 heterocycles. The Morgan fingerprint density at radius 2 is 2.03 bits per heavy atom. The highest BCUT2D eigenvalue weighted by atomic mass is 16.5.